The summed E-state index contributed by atoms with van der Waals surface area (Å²) in [4.78, 5) is 15.5. The molecule has 0 amide bonds. The van der Waals surface area contributed by atoms with Crippen LogP contribution in [0.5, 0.6) is 0 Å². The molecule has 0 bridgehead atoms. The van der Waals surface area contributed by atoms with Crippen molar-refractivity contribution in [1.82, 2.24) is 10.3 Å². The van der Waals surface area contributed by atoms with Gasteiger partial charge in [-0.25, -0.2) is 0 Å². The van der Waals surface area contributed by atoms with Gasteiger partial charge in [0.25, 0.3) is 0 Å². The maximum atomic E-state index is 10.9. The number of carbonyl (C=O) groups is 1. The lowest BCUT2D eigenvalue weighted by Gasteiger charge is -2.13. The Morgan fingerprint density at radius 2 is 2.43 bits per heavy atom. The van der Waals surface area contributed by atoms with Crippen LogP contribution in [0.25, 0.3) is 0 Å². The van der Waals surface area contributed by atoms with Crippen molar-refractivity contribution in [3.8, 4) is 0 Å². The van der Waals surface area contributed by atoms with Crippen molar-refractivity contribution in [2.45, 2.75) is 19.9 Å². The monoisotopic (exact) mass is 214 g/mol. The molecule has 0 fully saturated rings. The van der Waals surface area contributed by atoms with Crippen molar-refractivity contribution in [1.29, 1.82) is 0 Å². The number of rotatable bonds is 5. The van der Waals surface area contributed by atoms with E-state index < -0.39 is 12.0 Å². The second-order valence-corrected chi connectivity index (χ2v) is 4.40. The van der Waals surface area contributed by atoms with Gasteiger partial charge in [0.05, 0.1) is 10.4 Å². The summed E-state index contributed by atoms with van der Waals surface area (Å²) in [6.07, 6.45) is 1.59. The molecule has 1 rings (SSSR count). The molecule has 1 heterocycles. The number of aliphatic carboxylic acids is 1. The summed E-state index contributed by atoms with van der Waals surface area (Å²) < 4.78 is 0. The molecule has 0 saturated heterocycles. The highest BCUT2D eigenvalue weighted by Crippen LogP contribution is 2.17. The number of carboxylic acid groups (broad SMARTS) is 1. The van der Waals surface area contributed by atoms with Crippen LogP contribution in [-0.2, 0) is 4.79 Å². The molecule has 0 saturated carbocycles. The molecular weight excluding hydrogens is 200 g/mol. The molecule has 78 valence electrons. The fourth-order valence-electron chi connectivity index (χ4n) is 1.03. The van der Waals surface area contributed by atoms with Crippen molar-refractivity contribution in [3.05, 3.63) is 16.6 Å². The number of aromatic nitrogens is 1. The molecule has 0 aliphatic carbocycles. The average molecular weight is 214 g/mol. The van der Waals surface area contributed by atoms with Crippen molar-refractivity contribution in [2.24, 2.45) is 5.92 Å². The van der Waals surface area contributed by atoms with E-state index in [1.165, 1.54) is 11.3 Å². The van der Waals surface area contributed by atoms with Crippen LogP contribution < -0.4 is 5.32 Å². The summed E-state index contributed by atoms with van der Waals surface area (Å²) in [5, 5.41) is 12.0. The molecule has 0 aliphatic heterocycles. The van der Waals surface area contributed by atoms with Crippen molar-refractivity contribution in [3.63, 3.8) is 0 Å². The quantitative estimate of drug-likeness (QED) is 0.780. The molecule has 0 aliphatic rings. The first-order valence-corrected chi connectivity index (χ1v) is 5.33. The molecule has 2 N–H and O–H groups in total. The molecule has 1 aromatic rings. The van der Waals surface area contributed by atoms with Crippen LogP contribution in [0.3, 0.4) is 0 Å². The van der Waals surface area contributed by atoms with Crippen molar-refractivity contribution in [2.75, 3.05) is 6.54 Å². The highest BCUT2D eigenvalue weighted by Gasteiger charge is 2.20. The van der Waals surface area contributed by atoms with E-state index in [1.807, 2.05) is 13.8 Å². The predicted molar refractivity (Wildman–Crippen MR) is 55.3 cm³/mol. The lowest BCUT2D eigenvalue weighted by molar-refractivity contribution is -0.139. The highest BCUT2D eigenvalue weighted by molar-refractivity contribution is 7.09. The van der Waals surface area contributed by atoms with E-state index in [2.05, 4.69) is 10.3 Å². The first-order valence-electron chi connectivity index (χ1n) is 4.46. The zero-order valence-electron chi connectivity index (χ0n) is 8.23. The van der Waals surface area contributed by atoms with Crippen LogP contribution in [0.4, 0.5) is 0 Å². The molecule has 0 aromatic carbocycles. The molecule has 0 radical (unpaired) electrons. The first-order chi connectivity index (χ1) is 6.61. The number of nitrogens with one attached hydrogen (secondary N) is 1. The molecular formula is C9H14N2O2S. The van der Waals surface area contributed by atoms with E-state index in [1.54, 1.807) is 11.7 Å². The van der Waals surface area contributed by atoms with E-state index in [9.17, 15) is 4.79 Å². The molecule has 1 aromatic heterocycles. The van der Waals surface area contributed by atoms with Crippen LogP contribution in [-0.4, -0.2) is 22.6 Å². The third-order valence-corrected chi connectivity index (χ3v) is 2.55. The molecule has 4 nitrogen and oxygen atoms in total. The Hall–Kier alpha value is -0.940. The minimum atomic E-state index is -0.852. The van der Waals surface area contributed by atoms with Gasteiger partial charge in [0.15, 0.2) is 0 Å². The average Bonchev–Trinajstić information content (AvgIpc) is 2.56. The molecule has 1 unspecified atom stereocenters. The Balaban J connectivity index is 2.61. The van der Waals surface area contributed by atoms with Crippen LogP contribution in [0.15, 0.2) is 11.7 Å². The Labute approximate surface area is 87.0 Å². The first kappa shape index (κ1) is 11.1. The number of carboxylic acids is 1. The number of nitrogens with zero attached hydrogens (tertiary/aromatic N) is 1. The summed E-state index contributed by atoms with van der Waals surface area (Å²) in [7, 11) is 0. The summed E-state index contributed by atoms with van der Waals surface area (Å²) in [5.74, 6) is -0.417. The SMILES string of the molecule is CC(C)CNC(C(=O)O)c1cncs1. The van der Waals surface area contributed by atoms with Crippen LogP contribution in [0.2, 0.25) is 0 Å². The molecule has 5 heteroatoms. The predicted octanol–water partition coefficient (Wildman–Crippen LogP) is 1.51. The smallest absolute Gasteiger partial charge is 0.326 e. The van der Waals surface area contributed by atoms with Gasteiger partial charge >= 0.3 is 5.97 Å². The third kappa shape index (κ3) is 3.08. The lowest BCUT2D eigenvalue weighted by Crippen LogP contribution is -2.30. The van der Waals surface area contributed by atoms with Crippen molar-refractivity contribution < 1.29 is 9.90 Å². The summed E-state index contributed by atoms with van der Waals surface area (Å²) in [5.41, 5.74) is 1.64. The number of hydrogen-bond donors (Lipinski definition) is 2. The van der Waals surface area contributed by atoms with Gasteiger partial charge in [-0.05, 0) is 12.5 Å². The summed E-state index contributed by atoms with van der Waals surface area (Å²) >= 11 is 1.36. The zero-order chi connectivity index (χ0) is 10.6. The fourth-order valence-corrected chi connectivity index (χ4v) is 1.72. The number of hydrogen-bond acceptors (Lipinski definition) is 4. The number of thiazole rings is 1. The van der Waals surface area contributed by atoms with Gasteiger partial charge in [-0.2, -0.15) is 0 Å². The van der Waals surface area contributed by atoms with Gasteiger partial charge in [-0.15, -0.1) is 11.3 Å². The molecule has 1 atom stereocenters. The largest absolute Gasteiger partial charge is 0.480 e. The van der Waals surface area contributed by atoms with Crippen LogP contribution >= 0.6 is 11.3 Å². The normalized spacial score (nSPS) is 13.1. The standard InChI is InChI=1S/C9H14N2O2S/c1-6(2)3-11-8(9(12)13)7-4-10-5-14-7/h4-6,8,11H,3H2,1-2H3,(H,12,13). The lowest BCUT2D eigenvalue weighted by atomic mass is 10.2. The van der Waals surface area contributed by atoms with E-state index in [4.69, 9.17) is 5.11 Å². The summed E-state index contributed by atoms with van der Waals surface area (Å²) in [6, 6.07) is -0.620. The topological polar surface area (TPSA) is 62.2 Å². The van der Waals surface area contributed by atoms with E-state index >= 15 is 0 Å². The Kier molecular flexibility index (Phi) is 4.03. The van der Waals surface area contributed by atoms with E-state index in [0.717, 1.165) is 4.88 Å². The Morgan fingerprint density at radius 3 is 2.86 bits per heavy atom. The minimum Gasteiger partial charge on any atom is -0.480 e. The van der Waals surface area contributed by atoms with Crippen molar-refractivity contribution >= 4 is 17.3 Å². The van der Waals surface area contributed by atoms with Gasteiger partial charge in [-0.1, -0.05) is 13.8 Å². The van der Waals surface area contributed by atoms with Gasteiger partial charge in [0.1, 0.15) is 6.04 Å². The van der Waals surface area contributed by atoms with Gasteiger partial charge in [-0.3, -0.25) is 15.1 Å². The van der Waals surface area contributed by atoms with E-state index in [-0.39, 0.29) is 0 Å². The Morgan fingerprint density at radius 1 is 1.71 bits per heavy atom. The summed E-state index contributed by atoms with van der Waals surface area (Å²) in [6.45, 7) is 4.77. The molecule has 0 spiro atoms. The van der Waals surface area contributed by atoms with Gasteiger partial charge in [0, 0.05) is 6.20 Å². The second-order valence-electron chi connectivity index (χ2n) is 3.48. The minimum absolute atomic E-state index is 0.435. The fraction of sp³-hybridized carbons (Fsp3) is 0.556. The zero-order valence-corrected chi connectivity index (χ0v) is 9.04. The third-order valence-electron chi connectivity index (χ3n) is 1.71. The van der Waals surface area contributed by atoms with Crippen LogP contribution in [0, 0.1) is 5.92 Å². The maximum absolute atomic E-state index is 10.9. The maximum Gasteiger partial charge on any atom is 0.326 e. The van der Waals surface area contributed by atoms with Crippen LogP contribution in [0.1, 0.15) is 24.8 Å². The van der Waals surface area contributed by atoms with E-state index in [0.29, 0.717) is 12.5 Å². The Bertz CT molecular complexity index is 285. The van der Waals surface area contributed by atoms with Gasteiger partial charge < -0.3 is 5.11 Å². The highest BCUT2D eigenvalue weighted by atomic mass is 32.1. The van der Waals surface area contributed by atoms with Gasteiger partial charge in [0.2, 0.25) is 0 Å². The second kappa shape index (κ2) is 5.07. The molecule has 14 heavy (non-hydrogen) atoms.